The topological polar surface area (TPSA) is 0 Å². The average molecular weight is 832 g/mol. The van der Waals surface area contributed by atoms with Crippen LogP contribution in [0.3, 0.4) is 0 Å². The van der Waals surface area contributed by atoms with Gasteiger partial charge >= 0.3 is 0 Å². The summed E-state index contributed by atoms with van der Waals surface area (Å²) < 4.78 is 346. The lowest BCUT2D eigenvalue weighted by molar-refractivity contribution is 0.379. The zero-order valence-electron chi connectivity index (χ0n) is 25.3. The first-order chi connectivity index (χ1) is 25.9. The van der Waals surface area contributed by atoms with E-state index in [1.165, 1.54) is 0 Å². The molecule has 0 N–H and O–H groups in total. The molecule has 6 aromatic rings. The first-order valence-electron chi connectivity index (χ1n) is 14.0. The van der Waals surface area contributed by atoms with Gasteiger partial charge in [0.25, 0.3) is 6.71 Å². The molecule has 0 aliphatic heterocycles. The van der Waals surface area contributed by atoms with Crippen LogP contribution < -0.4 is 16.4 Å². The lowest BCUT2D eigenvalue weighted by Crippen LogP contribution is -2.59. The summed E-state index contributed by atoms with van der Waals surface area (Å²) in [5.41, 5.74) is -15.5. The summed E-state index contributed by atoms with van der Waals surface area (Å²) in [6, 6.07) is 0. The van der Waals surface area contributed by atoms with Gasteiger partial charge in [0, 0.05) is 16.4 Å². The Morgan fingerprint density at radius 3 is 0.786 bits per heavy atom. The van der Waals surface area contributed by atoms with E-state index in [-0.39, 0.29) is 0 Å². The van der Waals surface area contributed by atoms with Gasteiger partial charge < -0.3 is 0 Å². The molecule has 0 saturated carbocycles. The van der Waals surface area contributed by atoms with Crippen molar-refractivity contribution in [3.8, 4) is 11.1 Å². The van der Waals surface area contributed by atoms with Crippen LogP contribution in [0.15, 0.2) is 0 Å². The van der Waals surface area contributed by atoms with Crippen LogP contribution >= 0.6 is 0 Å². The molecule has 0 saturated heterocycles. The normalized spacial score (nSPS) is 11.8. The summed E-state index contributed by atoms with van der Waals surface area (Å²) >= 11 is 0. The standard InChI is InChI=1S/C32BF23/c34-10-1-3(11(35)6-5(10)16(40)24(48)25(49)17(6)41)13(37)22(46)18(42)7(1)33(9-20(44)29(53)32(56)30(54)21(9)45)8-2(12(36)23(47)28(52)19(8)43)4-14(38)26(50)31(55)27(51)15(4)39. The molecular weight excluding hydrogens is 832 g/mol. The van der Waals surface area contributed by atoms with E-state index in [1.54, 1.807) is 0 Å². The molecule has 56 heavy (non-hydrogen) atoms. The molecule has 0 aliphatic carbocycles. The SMILES string of the molecule is Fc1c(F)c(F)c(B(c2c(F)c(F)c(F)c(F)c2-c2c(F)c(F)c(F)c(F)c2F)c2c(F)c(F)c(F)c3c(F)c4c(F)c(F)c(F)c(F)c4c(F)c23)c(F)c1F. The number of fused-ring (bicyclic) bond motifs is 2. The Kier molecular flexibility index (Phi) is 9.43. The molecule has 0 amide bonds. The number of halogens is 23. The Balaban J connectivity index is 2.05. The zero-order chi connectivity index (χ0) is 42.1. The predicted molar refractivity (Wildman–Crippen MR) is 143 cm³/mol. The van der Waals surface area contributed by atoms with E-state index in [0.717, 1.165) is 0 Å². The minimum absolute atomic E-state index is 2.55. The molecule has 0 aliphatic rings. The number of hydrogen-bond acceptors (Lipinski definition) is 0. The van der Waals surface area contributed by atoms with E-state index in [1.807, 2.05) is 0 Å². The fourth-order valence-electron chi connectivity index (χ4n) is 5.97. The van der Waals surface area contributed by atoms with Gasteiger partial charge in [0.15, 0.2) is 116 Å². The quantitative estimate of drug-likeness (QED) is 0.0547. The summed E-state index contributed by atoms with van der Waals surface area (Å²) in [7, 11) is 0. The number of rotatable bonds is 4. The minimum atomic E-state index is -4.64. The van der Waals surface area contributed by atoms with Crippen LogP contribution in [0.1, 0.15) is 0 Å². The van der Waals surface area contributed by atoms with Crippen molar-refractivity contribution in [2.45, 2.75) is 0 Å². The molecule has 292 valence electrons. The molecule has 0 radical (unpaired) electrons. The van der Waals surface area contributed by atoms with Crippen molar-refractivity contribution in [2.75, 3.05) is 0 Å². The van der Waals surface area contributed by atoms with Crippen LogP contribution in [0.25, 0.3) is 32.7 Å². The van der Waals surface area contributed by atoms with Crippen LogP contribution in [0.2, 0.25) is 0 Å². The van der Waals surface area contributed by atoms with Gasteiger partial charge in [-0.15, -0.1) is 0 Å². The van der Waals surface area contributed by atoms with Crippen molar-refractivity contribution in [3.63, 3.8) is 0 Å². The van der Waals surface area contributed by atoms with Crippen LogP contribution in [0.5, 0.6) is 0 Å². The maximum absolute atomic E-state index is 16.3. The minimum Gasteiger partial charge on any atom is -0.206 e. The van der Waals surface area contributed by atoms with Gasteiger partial charge in [-0.05, 0) is 10.9 Å². The Morgan fingerprint density at radius 1 is 0.161 bits per heavy atom. The monoisotopic (exact) mass is 832 g/mol. The predicted octanol–water partition coefficient (Wildman–Crippen LogP) is 9.38. The first kappa shape index (κ1) is 40.0. The second kappa shape index (κ2) is 13.2. The maximum atomic E-state index is 16.3. The molecule has 0 nitrogen and oxygen atoms in total. The van der Waals surface area contributed by atoms with Crippen LogP contribution in [0, 0.1) is 134 Å². The molecular formula is C32BF23. The summed E-state index contributed by atoms with van der Waals surface area (Å²) in [6.45, 7) is -4.64. The summed E-state index contributed by atoms with van der Waals surface area (Å²) in [5, 5.41) is -10.8. The highest BCUT2D eigenvalue weighted by atomic mass is 19.2. The van der Waals surface area contributed by atoms with Gasteiger partial charge in [-0.3, -0.25) is 0 Å². The molecule has 24 heteroatoms. The molecule has 0 spiro atoms. The van der Waals surface area contributed by atoms with E-state index in [0.29, 0.717) is 0 Å². The highest BCUT2D eigenvalue weighted by Gasteiger charge is 2.46. The van der Waals surface area contributed by atoms with Crippen molar-refractivity contribution in [3.05, 3.63) is 134 Å². The van der Waals surface area contributed by atoms with Crippen molar-refractivity contribution in [1.29, 1.82) is 0 Å². The fourth-order valence-corrected chi connectivity index (χ4v) is 5.97. The molecule has 0 bridgehead atoms. The van der Waals surface area contributed by atoms with E-state index in [9.17, 15) is 52.7 Å². The van der Waals surface area contributed by atoms with Crippen molar-refractivity contribution in [1.82, 2.24) is 0 Å². The van der Waals surface area contributed by atoms with E-state index in [2.05, 4.69) is 0 Å². The van der Waals surface area contributed by atoms with E-state index < -0.39 is 190 Å². The van der Waals surface area contributed by atoms with Crippen LogP contribution in [-0.4, -0.2) is 6.71 Å². The summed E-state index contributed by atoms with van der Waals surface area (Å²) in [6.07, 6.45) is 0. The highest BCUT2D eigenvalue weighted by Crippen LogP contribution is 2.40. The second-order valence-electron chi connectivity index (χ2n) is 11.1. The summed E-state index contributed by atoms with van der Waals surface area (Å²) in [4.78, 5) is 0. The largest absolute Gasteiger partial charge is 0.258 e. The Hall–Kier alpha value is -5.71. The zero-order valence-corrected chi connectivity index (χ0v) is 25.3. The number of hydrogen-bond donors (Lipinski definition) is 0. The third-order valence-corrected chi connectivity index (χ3v) is 8.38. The van der Waals surface area contributed by atoms with Gasteiger partial charge in [0.2, 0.25) is 5.82 Å². The molecule has 0 fully saturated rings. The Morgan fingerprint density at radius 2 is 0.393 bits per heavy atom. The highest BCUT2D eigenvalue weighted by molar-refractivity contribution is 6.98. The lowest BCUT2D eigenvalue weighted by atomic mass is 9.34. The molecule has 0 unspecified atom stereocenters. The molecule has 6 aromatic carbocycles. The van der Waals surface area contributed by atoms with Crippen molar-refractivity contribution < 1.29 is 101 Å². The van der Waals surface area contributed by atoms with Crippen molar-refractivity contribution >= 4 is 44.6 Å². The van der Waals surface area contributed by atoms with Gasteiger partial charge in [0.05, 0.1) is 21.7 Å². The second-order valence-corrected chi connectivity index (χ2v) is 11.1. The van der Waals surface area contributed by atoms with Crippen molar-refractivity contribution in [2.24, 2.45) is 0 Å². The average Bonchev–Trinajstić information content (AvgIpc) is 3.16. The molecule has 0 atom stereocenters. The van der Waals surface area contributed by atoms with Gasteiger partial charge in [-0.1, -0.05) is 0 Å². The van der Waals surface area contributed by atoms with Gasteiger partial charge in [-0.2, -0.15) is 0 Å². The third kappa shape index (κ3) is 5.05. The molecule has 0 aromatic heterocycles. The Labute approximate surface area is 291 Å². The Bertz CT molecular complexity index is 2740. The summed E-state index contributed by atoms with van der Waals surface area (Å²) in [5.74, 6) is -75.9. The first-order valence-corrected chi connectivity index (χ1v) is 14.0. The smallest absolute Gasteiger partial charge is 0.206 e. The van der Waals surface area contributed by atoms with Crippen LogP contribution in [-0.2, 0) is 0 Å². The van der Waals surface area contributed by atoms with E-state index >= 15 is 48.3 Å². The maximum Gasteiger partial charge on any atom is 0.258 e. The molecule has 0 heterocycles. The third-order valence-electron chi connectivity index (χ3n) is 8.38. The number of benzene rings is 6. The van der Waals surface area contributed by atoms with Gasteiger partial charge in [-0.25, -0.2) is 101 Å². The van der Waals surface area contributed by atoms with Crippen LogP contribution in [0.4, 0.5) is 101 Å². The molecule has 6 rings (SSSR count). The van der Waals surface area contributed by atoms with Gasteiger partial charge in [0.1, 0.15) is 11.6 Å². The van der Waals surface area contributed by atoms with E-state index in [4.69, 9.17) is 0 Å². The fraction of sp³-hybridized carbons (Fsp3) is 0. The lowest BCUT2D eigenvalue weighted by Gasteiger charge is -2.25.